The number of piperidine rings is 1. The predicted octanol–water partition coefficient (Wildman–Crippen LogP) is 2.13. The number of fused-ring (bicyclic) bond motifs is 5. The Morgan fingerprint density at radius 3 is 2.55 bits per heavy atom. The second kappa shape index (κ2) is 7.55. The molecule has 4 aliphatic rings. The van der Waals surface area contributed by atoms with Crippen molar-refractivity contribution in [3.8, 4) is 0 Å². The van der Waals surface area contributed by atoms with Gasteiger partial charge in [-0.2, -0.15) is 0 Å². The molecule has 2 aromatic heterocycles. The van der Waals surface area contributed by atoms with Crippen molar-refractivity contribution in [2.24, 2.45) is 17.8 Å². The fourth-order valence-electron chi connectivity index (χ4n) is 6.57. The summed E-state index contributed by atoms with van der Waals surface area (Å²) in [7, 11) is 0. The topological polar surface area (TPSA) is 71.3 Å². The average Bonchev–Trinajstić information content (AvgIpc) is 3.38. The van der Waals surface area contributed by atoms with Crippen LogP contribution in [0.25, 0.3) is 0 Å². The second-order valence-corrected chi connectivity index (χ2v) is 9.98. The van der Waals surface area contributed by atoms with Crippen molar-refractivity contribution in [1.82, 2.24) is 24.3 Å². The van der Waals surface area contributed by atoms with Gasteiger partial charge in [0.1, 0.15) is 6.33 Å². The highest BCUT2D eigenvalue weighted by Crippen LogP contribution is 2.38. The summed E-state index contributed by atoms with van der Waals surface area (Å²) in [5.41, 5.74) is 2.73. The van der Waals surface area contributed by atoms with Gasteiger partial charge in [0.25, 0.3) is 11.5 Å². The van der Waals surface area contributed by atoms with Crippen LogP contribution in [0.1, 0.15) is 53.2 Å². The first-order valence-electron chi connectivity index (χ1n) is 11.6. The molecule has 2 bridgehead atoms. The van der Waals surface area contributed by atoms with E-state index in [1.165, 1.54) is 25.6 Å². The smallest absolute Gasteiger partial charge is 0.257 e. The summed E-state index contributed by atoms with van der Waals surface area (Å²) in [6.07, 6.45) is 9.74. The number of amides is 1. The van der Waals surface area contributed by atoms with E-state index in [4.69, 9.17) is 0 Å². The largest absolute Gasteiger partial charge is 0.338 e. The van der Waals surface area contributed by atoms with Crippen LogP contribution in [0.5, 0.6) is 0 Å². The van der Waals surface area contributed by atoms with Crippen LogP contribution in [0.3, 0.4) is 0 Å². The lowest BCUT2D eigenvalue weighted by molar-refractivity contribution is 0.0593. The van der Waals surface area contributed by atoms with Gasteiger partial charge in [0.05, 0.1) is 5.56 Å². The Balaban J connectivity index is 1.21. The molecule has 6 rings (SSSR count). The first kappa shape index (κ1) is 19.2. The van der Waals surface area contributed by atoms with E-state index in [0.29, 0.717) is 31.1 Å². The van der Waals surface area contributed by atoms with Crippen molar-refractivity contribution in [1.29, 1.82) is 0 Å². The molecule has 1 amide bonds. The quantitative estimate of drug-likeness (QED) is 0.762. The maximum atomic E-state index is 13.4. The zero-order valence-corrected chi connectivity index (χ0v) is 17.8. The maximum absolute atomic E-state index is 13.4. The molecule has 2 aromatic rings. The van der Waals surface area contributed by atoms with Crippen LogP contribution in [0.4, 0.5) is 0 Å². The average molecular weight is 420 g/mol. The normalized spacial score (nSPS) is 29.6. The molecular formula is C24H29N5O2. The van der Waals surface area contributed by atoms with Crippen LogP contribution >= 0.6 is 0 Å². The molecule has 0 N–H and O–H groups in total. The van der Waals surface area contributed by atoms with E-state index in [-0.39, 0.29) is 17.4 Å². The molecule has 0 aromatic carbocycles. The molecule has 4 atom stereocenters. The lowest BCUT2D eigenvalue weighted by Crippen LogP contribution is -2.49. The molecule has 0 radical (unpaired) electrons. The van der Waals surface area contributed by atoms with E-state index < -0.39 is 0 Å². The zero-order chi connectivity index (χ0) is 20.9. The number of nitrogens with zero attached hydrogens (tertiary/aromatic N) is 5. The monoisotopic (exact) mass is 419 g/mol. The van der Waals surface area contributed by atoms with Crippen molar-refractivity contribution in [3.05, 3.63) is 58.0 Å². The molecular weight excluding hydrogens is 390 g/mol. The molecule has 1 saturated carbocycles. The van der Waals surface area contributed by atoms with Crippen molar-refractivity contribution in [2.75, 3.05) is 26.2 Å². The fraction of sp³-hybridized carbons (Fsp3) is 0.583. The van der Waals surface area contributed by atoms with Gasteiger partial charge in [-0.05, 0) is 43.1 Å². The number of hydrogen-bond acceptors (Lipinski definition) is 5. The Labute approximate surface area is 182 Å². The Bertz CT molecular complexity index is 1040. The minimum absolute atomic E-state index is 0.0118. The van der Waals surface area contributed by atoms with Crippen LogP contribution in [-0.4, -0.2) is 56.4 Å². The molecule has 0 unspecified atom stereocenters. The Morgan fingerprint density at radius 2 is 1.77 bits per heavy atom. The molecule has 3 fully saturated rings. The van der Waals surface area contributed by atoms with Crippen LogP contribution in [0.15, 0.2) is 35.6 Å². The second-order valence-electron chi connectivity index (χ2n) is 9.98. The summed E-state index contributed by atoms with van der Waals surface area (Å²) in [5.74, 6) is 2.21. The highest BCUT2D eigenvalue weighted by Gasteiger charge is 2.38. The standard InChI is InChI=1S/C24H29N5O2/c30-23(21-7-25-15-26-8-21)28-9-16-6-20(14-28)22-5-4-19(24(31)29(22)10-16)13-27-11-17-2-1-3-18(17)12-27/h4-5,7-8,15-18,20H,1-3,6,9-14H2/t16-,17-,18+,20+/m0/s1. The number of hydrogen-bond donors (Lipinski definition) is 0. The number of likely N-dealkylation sites (tertiary alicyclic amines) is 2. The third kappa shape index (κ3) is 3.39. The number of carbonyl (C=O) groups is 1. The van der Waals surface area contributed by atoms with Crippen molar-refractivity contribution in [2.45, 2.75) is 44.7 Å². The van der Waals surface area contributed by atoms with Gasteiger partial charge < -0.3 is 9.47 Å². The van der Waals surface area contributed by atoms with Gasteiger partial charge in [-0.1, -0.05) is 12.5 Å². The van der Waals surface area contributed by atoms with E-state index >= 15 is 0 Å². The minimum atomic E-state index is -0.0118. The van der Waals surface area contributed by atoms with E-state index in [2.05, 4.69) is 20.9 Å². The van der Waals surface area contributed by atoms with Gasteiger partial charge in [0.15, 0.2) is 0 Å². The van der Waals surface area contributed by atoms with E-state index in [9.17, 15) is 9.59 Å². The predicted molar refractivity (Wildman–Crippen MR) is 116 cm³/mol. The summed E-state index contributed by atoms with van der Waals surface area (Å²) in [6.45, 7) is 5.13. The minimum Gasteiger partial charge on any atom is -0.338 e. The molecule has 2 saturated heterocycles. The fourth-order valence-corrected chi connectivity index (χ4v) is 6.57. The number of rotatable bonds is 3. The van der Waals surface area contributed by atoms with Crippen LogP contribution in [0.2, 0.25) is 0 Å². The number of carbonyl (C=O) groups excluding carboxylic acids is 1. The molecule has 5 heterocycles. The van der Waals surface area contributed by atoms with E-state index in [0.717, 1.165) is 49.1 Å². The molecule has 3 aliphatic heterocycles. The third-order valence-electron chi connectivity index (χ3n) is 7.97. The lowest BCUT2D eigenvalue weighted by atomic mass is 9.82. The van der Waals surface area contributed by atoms with Gasteiger partial charge in [-0.15, -0.1) is 0 Å². The molecule has 7 heteroatoms. The zero-order valence-electron chi connectivity index (χ0n) is 17.8. The summed E-state index contributed by atoms with van der Waals surface area (Å²) >= 11 is 0. The van der Waals surface area contributed by atoms with Crippen molar-refractivity contribution < 1.29 is 4.79 Å². The van der Waals surface area contributed by atoms with Crippen molar-refractivity contribution >= 4 is 5.91 Å². The first-order chi connectivity index (χ1) is 15.2. The van der Waals surface area contributed by atoms with Crippen LogP contribution in [0, 0.1) is 17.8 Å². The highest BCUT2D eigenvalue weighted by molar-refractivity contribution is 5.93. The molecule has 162 valence electrons. The Morgan fingerprint density at radius 1 is 1.00 bits per heavy atom. The van der Waals surface area contributed by atoms with Gasteiger partial charge in [0, 0.05) is 68.8 Å². The summed E-state index contributed by atoms with van der Waals surface area (Å²) in [5, 5.41) is 0. The molecule has 0 spiro atoms. The SMILES string of the molecule is O=C(c1cncnc1)N1C[C@@H]2C[C@H](C1)c1ccc(CN3C[C@H]4CCC[C@H]4C3)c(=O)n1C2. The van der Waals surface area contributed by atoms with E-state index in [1.54, 1.807) is 12.4 Å². The Kier molecular flexibility index (Phi) is 4.67. The Hall–Kier alpha value is -2.54. The molecule has 31 heavy (non-hydrogen) atoms. The maximum Gasteiger partial charge on any atom is 0.257 e. The third-order valence-corrected chi connectivity index (χ3v) is 7.97. The summed E-state index contributed by atoms with van der Waals surface area (Å²) in [4.78, 5) is 38.6. The molecule has 7 nitrogen and oxygen atoms in total. The van der Waals surface area contributed by atoms with Crippen LogP contribution in [-0.2, 0) is 13.1 Å². The molecule has 1 aliphatic carbocycles. The van der Waals surface area contributed by atoms with Gasteiger partial charge >= 0.3 is 0 Å². The van der Waals surface area contributed by atoms with Gasteiger partial charge in [-0.3, -0.25) is 14.5 Å². The number of aromatic nitrogens is 3. The van der Waals surface area contributed by atoms with Crippen molar-refractivity contribution in [3.63, 3.8) is 0 Å². The highest BCUT2D eigenvalue weighted by atomic mass is 16.2. The van der Waals surface area contributed by atoms with E-state index in [1.807, 2.05) is 15.5 Å². The number of pyridine rings is 1. The van der Waals surface area contributed by atoms with Crippen LogP contribution < -0.4 is 5.56 Å². The van der Waals surface area contributed by atoms with Gasteiger partial charge in [0.2, 0.25) is 0 Å². The lowest BCUT2D eigenvalue weighted by Gasteiger charge is -2.43. The summed E-state index contributed by atoms with van der Waals surface area (Å²) < 4.78 is 2.01. The van der Waals surface area contributed by atoms with Gasteiger partial charge in [-0.25, -0.2) is 9.97 Å². The summed E-state index contributed by atoms with van der Waals surface area (Å²) in [6, 6.07) is 4.20. The first-order valence-corrected chi connectivity index (χ1v) is 11.6.